The summed E-state index contributed by atoms with van der Waals surface area (Å²) in [5.41, 5.74) is -0.223. The van der Waals surface area contributed by atoms with Crippen LogP contribution in [0.25, 0.3) is 0 Å². The van der Waals surface area contributed by atoms with Gasteiger partial charge < -0.3 is 10.4 Å². The smallest absolute Gasteiger partial charge is 0.326 e. The lowest BCUT2D eigenvalue weighted by atomic mass is 10.0. The second-order valence-electron chi connectivity index (χ2n) is 4.62. The van der Waals surface area contributed by atoms with Crippen molar-refractivity contribution in [1.29, 1.82) is 0 Å². The van der Waals surface area contributed by atoms with Gasteiger partial charge in [-0.15, -0.1) is 0 Å². The Balaban J connectivity index is 2.84. The van der Waals surface area contributed by atoms with Crippen molar-refractivity contribution in [2.45, 2.75) is 26.3 Å². The van der Waals surface area contributed by atoms with E-state index < -0.39 is 23.7 Å². The minimum atomic E-state index is -1.14. The molecule has 1 aromatic carbocycles. The average molecular weight is 288 g/mol. The second-order valence-corrected chi connectivity index (χ2v) is 5.05. The van der Waals surface area contributed by atoms with Gasteiger partial charge in [-0.3, -0.25) is 4.79 Å². The Morgan fingerprint density at radius 2 is 2.05 bits per heavy atom. The fourth-order valence-corrected chi connectivity index (χ4v) is 1.76. The minimum Gasteiger partial charge on any atom is -0.480 e. The highest BCUT2D eigenvalue weighted by Gasteiger charge is 2.23. The molecule has 0 aromatic heterocycles. The van der Waals surface area contributed by atoms with Gasteiger partial charge in [0.1, 0.15) is 11.9 Å². The van der Waals surface area contributed by atoms with Crippen molar-refractivity contribution in [3.63, 3.8) is 0 Å². The summed E-state index contributed by atoms with van der Waals surface area (Å²) in [4.78, 5) is 22.8. The van der Waals surface area contributed by atoms with Gasteiger partial charge in [0.05, 0.1) is 5.56 Å². The van der Waals surface area contributed by atoms with E-state index in [0.29, 0.717) is 0 Å². The molecule has 0 spiro atoms. The van der Waals surface area contributed by atoms with Crippen LogP contribution in [-0.2, 0) is 4.79 Å². The van der Waals surface area contributed by atoms with Crippen LogP contribution in [0.4, 0.5) is 4.39 Å². The van der Waals surface area contributed by atoms with E-state index in [9.17, 15) is 14.0 Å². The van der Waals surface area contributed by atoms with Crippen LogP contribution in [0.1, 0.15) is 30.6 Å². The van der Waals surface area contributed by atoms with Crippen LogP contribution in [0.15, 0.2) is 18.2 Å². The molecule has 2 N–H and O–H groups in total. The first-order valence-electron chi connectivity index (χ1n) is 5.80. The van der Waals surface area contributed by atoms with Gasteiger partial charge in [-0.05, 0) is 30.5 Å². The standard InChI is InChI=1S/C13H15ClFNO3/c1-7(2)5-11(13(18)19)16-12(17)9-4-3-8(14)6-10(9)15/h3-4,6-7,11H,5H2,1-2H3,(H,16,17)(H,18,19). The molecule has 1 aromatic rings. The number of carboxylic acid groups (broad SMARTS) is 1. The van der Waals surface area contributed by atoms with Crippen molar-refractivity contribution < 1.29 is 19.1 Å². The molecular formula is C13H15ClFNO3. The summed E-state index contributed by atoms with van der Waals surface area (Å²) in [6.45, 7) is 3.68. The predicted octanol–water partition coefficient (Wildman–Crippen LogP) is 2.71. The van der Waals surface area contributed by atoms with Crippen LogP contribution in [0, 0.1) is 11.7 Å². The van der Waals surface area contributed by atoms with Gasteiger partial charge in [-0.2, -0.15) is 0 Å². The fourth-order valence-electron chi connectivity index (χ4n) is 1.60. The molecule has 1 rings (SSSR count). The lowest BCUT2D eigenvalue weighted by Gasteiger charge is -2.16. The molecule has 1 atom stereocenters. The Kier molecular flexibility index (Phi) is 5.30. The molecule has 0 saturated carbocycles. The number of carboxylic acids is 1. The number of carbonyl (C=O) groups is 2. The highest BCUT2D eigenvalue weighted by Crippen LogP contribution is 2.15. The van der Waals surface area contributed by atoms with Crippen molar-refractivity contribution in [3.8, 4) is 0 Å². The van der Waals surface area contributed by atoms with Crippen molar-refractivity contribution in [3.05, 3.63) is 34.6 Å². The molecule has 0 bridgehead atoms. The van der Waals surface area contributed by atoms with E-state index >= 15 is 0 Å². The fraction of sp³-hybridized carbons (Fsp3) is 0.385. The van der Waals surface area contributed by atoms with E-state index in [4.69, 9.17) is 16.7 Å². The number of halogens is 2. The molecule has 0 fully saturated rings. The number of benzene rings is 1. The zero-order valence-electron chi connectivity index (χ0n) is 10.6. The van der Waals surface area contributed by atoms with Gasteiger partial charge in [-0.25, -0.2) is 9.18 Å². The molecule has 1 unspecified atom stereocenters. The molecule has 0 radical (unpaired) electrons. The summed E-state index contributed by atoms with van der Waals surface area (Å²) in [7, 11) is 0. The summed E-state index contributed by atoms with van der Waals surface area (Å²) in [5.74, 6) is -2.59. The minimum absolute atomic E-state index is 0.0939. The molecule has 0 saturated heterocycles. The number of hydrogen-bond donors (Lipinski definition) is 2. The van der Waals surface area contributed by atoms with Crippen LogP contribution in [0.2, 0.25) is 5.02 Å². The summed E-state index contributed by atoms with van der Waals surface area (Å²) in [6, 6.07) is 2.57. The largest absolute Gasteiger partial charge is 0.480 e. The maximum absolute atomic E-state index is 13.5. The zero-order chi connectivity index (χ0) is 14.6. The summed E-state index contributed by atoms with van der Waals surface area (Å²) >= 11 is 5.58. The van der Waals surface area contributed by atoms with Crippen molar-refractivity contribution >= 4 is 23.5 Å². The summed E-state index contributed by atoms with van der Waals surface area (Å²) in [6.07, 6.45) is 0.274. The van der Waals surface area contributed by atoms with Gasteiger partial charge in [0.25, 0.3) is 5.91 Å². The topological polar surface area (TPSA) is 66.4 Å². The SMILES string of the molecule is CC(C)CC(NC(=O)c1ccc(Cl)cc1F)C(=O)O. The van der Waals surface area contributed by atoms with E-state index in [1.54, 1.807) is 0 Å². The zero-order valence-corrected chi connectivity index (χ0v) is 11.4. The number of aliphatic carboxylic acids is 1. The number of amides is 1. The molecule has 0 heterocycles. The molecular weight excluding hydrogens is 273 g/mol. The summed E-state index contributed by atoms with van der Waals surface area (Å²) < 4.78 is 13.5. The Morgan fingerprint density at radius 1 is 1.42 bits per heavy atom. The van der Waals surface area contributed by atoms with Crippen LogP contribution < -0.4 is 5.32 Å². The quantitative estimate of drug-likeness (QED) is 0.875. The lowest BCUT2D eigenvalue weighted by molar-refractivity contribution is -0.139. The predicted molar refractivity (Wildman–Crippen MR) is 69.8 cm³/mol. The Labute approximate surface area is 115 Å². The highest BCUT2D eigenvalue weighted by atomic mass is 35.5. The maximum atomic E-state index is 13.5. The third-order valence-electron chi connectivity index (χ3n) is 2.49. The number of rotatable bonds is 5. The van der Waals surface area contributed by atoms with E-state index in [1.165, 1.54) is 12.1 Å². The van der Waals surface area contributed by atoms with E-state index in [1.807, 2.05) is 13.8 Å². The molecule has 6 heteroatoms. The summed E-state index contributed by atoms with van der Waals surface area (Å²) in [5, 5.41) is 11.5. The maximum Gasteiger partial charge on any atom is 0.326 e. The van der Waals surface area contributed by atoms with Gasteiger partial charge in [0.15, 0.2) is 0 Å². The van der Waals surface area contributed by atoms with Gasteiger partial charge >= 0.3 is 5.97 Å². The molecule has 104 valence electrons. The average Bonchev–Trinajstić information content (AvgIpc) is 2.26. The number of nitrogens with one attached hydrogen (secondary N) is 1. The van der Waals surface area contributed by atoms with Crippen LogP contribution in [-0.4, -0.2) is 23.0 Å². The van der Waals surface area contributed by atoms with Crippen LogP contribution >= 0.6 is 11.6 Å². The van der Waals surface area contributed by atoms with E-state index in [0.717, 1.165) is 6.07 Å². The monoisotopic (exact) mass is 287 g/mol. The molecule has 4 nitrogen and oxygen atoms in total. The van der Waals surface area contributed by atoms with Crippen molar-refractivity contribution in [2.24, 2.45) is 5.92 Å². The first-order valence-corrected chi connectivity index (χ1v) is 6.17. The first kappa shape index (κ1) is 15.4. The van der Waals surface area contributed by atoms with Gasteiger partial charge in [0, 0.05) is 5.02 Å². The van der Waals surface area contributed by atoms with Crippen molar-refractivity contribution in [2.75, 3.05) is 0 Å². The molecule has 0 aliphatic carbocycles. The Bertz CT molecular complexity index is 491. The Hall–Kier alpha value is -1.62. The van der Waals surface area contributed by atoms with Crippen LogP contribution in [0.5, 0.6) is 0 Å². The lowest BCUT2D eigenvalue weighted by Crippen LogP contribution is -2.41. The van der Waals surface area contributed by atoms with Crippen LogP contribution in [0.3, 0.4) is 0 Å². The second kappa shape index (κ2) is 6.52. The first-order chi connectivity index (χ1) is 8.81. The molecule has 0 aliphatic heterocycles. The normalized spacial score (nSPS) is 12.3. The number of hydrogen-bond acceptors (Lipinski definition) is 2. The molecule has 0 aliphatic rings. The third-order valence-corrected chi connectivity index (χ3v) is 2.72. The van der Waals surface area contributed by atoms with E-state index in [2.05, 4.69) is 5.32 Å². The van der Waals surface area contributed by atoms with E-state index in [-0.39, 0.29) is 22.9 Å². The molecule has 19 heavy (non-hydrogen) atoms. The third kappa shape index (κ3) is 4.52. The highest BCUT2D eigenvalue weighted by molar-refractivity contribution is 6.30. The van der Waals surface area contributed by atoms with Crippen molar-refractivity contribution in [1.82, 2.24) is 5.32 Å². The molecule has 1 amide bonds. The van der Waals surface area contributed by atoms with Gasteiger partial charge in [0.2, 0.25) is 0 Å². The number of carbonyl (C=O) groups excluding carboxylic acids is 1. The Morgan fingerprint density at radius 3 is 2.53 bits per heavy atom. The van der Waals surface area contributed by atoms with Gasteiger partial charge in [-0.1, -0.05) is 25.4 Å².